The van der Waals surface area contributed by atoms with Gasteiger partial charge in [-0.15, -0.1) is 0 Å². The molecular weight excluding hydrogens is 368 g/mol. The molecule has 0 spiro atoms. The number of hydrogen-bond acceptors (Lipinski definition) is 5. The number of ether oxygens (including phenoxy) is 1. The third kappa shape index (κ3) is 4.68. The predicted molar refractivity (Wildman–Crippen MR) is 101 cm³/mol. The molecule has 1 N–H and O–H groups in total. The molecule has 0 unspecified atom stereocenters. The van der Waals surface area contributed by atoms with Crippen LogP contribution in [0.2, 0.25) is 5.02 Å². The van der Waals surface area contributed by atoms with Crippen LogP contribution in [0, 0.1) is 20.8 Å². The van der Waals surface area contributed by atoms with Gasteiger partial charge in [0.1, 0.15) is 18.1 Å². The fraction of sp³-hybridized carbons (Fsp3) is 0.316. The molecule has 0 bridgehead atoms. The van der Waals surface area contributed by atoms with Crippen LogP contribution in [0.4, 0.5) is 0 Å². The van der Waals surface area contributed by atoms with Crippen LogP contribution in [0.25, 0.3) is 0 Å². The quantitative estimate of drug-likeness (QED) is 0.670. The Kier molecular flexibility index (Phi) is 5.81. The van der Waals surface area contributed by atoms with E-state index in [1.165, 1.54) is 5.56 Å². The summed E-state index contributed by atoms with van der Waals surface area (Å²) >= 11 is 5.82. The lowest BCUT2D eigenvalue weighted by molar-refractivity contribution is 0.0940. The van der Waals surface area contributed by atoms with Gasteiger partial charge in [0.05, 0.1) is 23.3 Å². The third-order valence-electron chi connectivity index (χ3n) is 4.29. The first-order valence-electron chi connectivity index (χ1n) is 8.55. The Morgan fingerprint density at radius 1 is 1.30 bits per heavy atom. The summed E-state index contributed by atoms with van der Waals surface area (Å²) in [5, 5.41) is 11.3. The number of amides is 1. The standard InChI is InChI=1S/C19H21ClN4O3/c1-12-4-5-16(8-13(12)2)26-11-17-14(3)27-23-18(17)19(25)21-6-7-24-10-15(20)9-22-24/h4-5,8-10H,6-7,11H2,1-3H3,(H,21,25). The average molecular weight is 389 g/mol. The Morgan fingerprint density at radius 2 is 2.11 bits per heavy atom. The molecule has 1 amide bonds. The van der Waals surface area contributed by atoms with Gasteiger partial charge in [-0.1, -0.05) is 22.8 Å². The van der Waals surface area contributed by atoms with Gasteiger partial charge in [-0.3, -0.25) is 9.48 Å². The van der Waals surface area contributed by atoms with Gasteiger partial charge in [0, 0.05) is 12.7 Å². The Balaban J connectivity index is 1.61. The predicted octanol–water partition coefficient (Wildman–Crippen LogP) is 3.46. The van der Waals surface area contributed by atoms with Crippen LogP contribution in [0.1, 0.15) is 32.9 Å². The van der Waals surface area contributed by atoms with Gasteiger partial charge in [0.15, 0.2) is 5.69 Å². The van der Waals surface area contributed by atoms with Gasteiger partial charge in [0.2, 0.25) is 0 Å². The van der Waals surface area contributed by atoms with E-state index < -0.39 is 0 Å². The fourth-order valence-electron chi connectivity index (χ4n) is 2.53. The summed E-state index contributed by atoms with van der Waals surface area (Å²) < 4.78 is 12.7. The number of nitrogens with one attached hydrogen (secondary N) is 1. The molecule has 1 aromatic carbocycles. The maximum atomic E-state index is 12.4. The van der Waals surface area contributed by atoms with Crippen molar-refractivity contribution < 1.29 is 14.1 Å². The number of hydrogen-bond donors (Lipinski definition) is 1. The second-order valence-corrected chi connectivity index (χ2v) is 6.71. The van der Waals surface area contributed by atoms with Gasteiger partial charge >= 0.3 is 0 Å². The summed E-state index contributed by atoms with van der Waals surface area (Å²) in [4.78, 5) is 12.4. The zero-order chi connectivity index (χ0) is 19.4. The van der Waals surface area contributed by atoms with E-state index in [0.29, 0.717) is 29.4 Å². The second kappa shape index (κ2) is 8.26. The highest BCUT2D eigenvalue weighted by atomic mass is 35.5. The van der Waals surface area contributed by atoms with Crippen LogP contribution in [0.5, 0.6) is 5.75 Å². The molecule has 0 aliphatic carbocycles. The maximum Gasteiger partial charge on any atom is 0.273 e. The molecule has 0 saturated heterocycles. The van der Waals surface area contributed by atoms with Gasteiger partial charge in [-0.25, -0.2) is 0 Å². The minimum absolute atomic E-state index is 0.204. The van der Waals surface area contributed by atoms with E-state index in [9.17, 15) is 4.79 Å². The number of aromatic nitrogens is 3. The van der Waals surface area contributed by atoms with E-state index in [1.54, 1.807) is 24.0 Å². The van der Waals surface area contributed by atoms with Crippen LogP contribution in [0.15, 0.2) is 35.1 Å². The summed E-state index contributed by atoms with van der Waals surface area (Å²) in [5.41, 5.74) is 3.20. The smallest absolute Gasteiger partial charge is 0.273 e. The van der Waals surface area contributed by atoms with Crippen LogP contribution in [-0.4, -0.2) is 27.4 Å². The molecule has 0 atom stereocenters. The van der Waals surface area contributed by atoms with Gasteiger partial charge in [0.25, 0.3) is 5.91 Å². The maximum absolute atomic E-state index is 12.4. The second-order valence-electron chi connectivity index (χ2n) is 6.28. The van der Waals surface area contributed by atoms with Crippen molar-refractivity contribution in [3.63, 3.8) is 0 Å². The molecule has 0 radical (unpaired) electrons. The first-order chi connectivity index (χ1) is 12.9. The molecule has 2 aromatic heterocycles. The molecule has 0 saturated carbocycles. The monoisotopic (exact) mass is 388 g/mol. The Bertz CT molecular complexity index is 948. The minimum atomic E-state index is -0.316. The Morgan fingerprint density at radius 3 is 2.81 bits per heavy atom. The van der Waals surface area contributed by atoms with Gasteiger partial charge in [-0.05, 0) is 44.0 Å². The van der Waals surface area contributed by atoms with Crippen LogP contribution < -0.4 is 10.1 Å². The lowest BCUT2D eigenvalue weighted by Gasteiger charge is -2.09. The van der Waals surface area contributed by atoms with Crippen LogP contribution >= 0.6 is 11.6 Å². The zero-order valence-corrected chi connectivity index (χ0v) is 16.2. The number of aryl methyl sites for hydroxylation is 3. The minimum Gasteiger partial charge on any atom is -0.489 e. The summed E-state index contributed by atoms with van der Waals surface area (Å²) in [5.74, 6) is 0.979. The highest BCUT2D eigenvalue weighted by molar-refractivity contribution is 6.30. The fourth-order valence-corrected chi connectivity index (χ4v) is 2.68. The van der Waals surface area contributed by atoms with Crippen LogP contribution in [-0.2, 0) is 13.2 Å². The summed E-state index contributed by atoms with van der Waals surface area (Å²) in [6, 6.07) is 5.87. The van der Waals surface area contributed by atoms with E-state index in [4.69, 9.17) is 20.9 Å². The third-order valence-corrected chi connectivity index (χ3v) is 4.48. The molecular formula is C19H21ClN4O3. The first kappa shape index (κ1) is 19.0. The van der Waals surface area contributed by atoms with E-state index >= 15 is 0 Å². The topological polar surface area (TPSA) is 82.2 Å². The molecule has 0 aliphatic heterocycles. The number of carbonyl (C=O) groups is 1. The highest BCUT2D eigenvalue weighted by Crippen LogP contribution is 2.20. The van der Waals surface area contributed by atoms with Crippen molar-refractivity contribution in [3.8, 4) is 5.75 Å². The van der Waals surface area contributed by atoms with E-state index in [-0.39, 0.29) is 18.2 Å². The summed E-state index contributed by atoms with van der Waals surface area (Å²) in [7, 11) is 0. The molecule has 0 fully saturated rings. The summed E-state index contributed by atoms with van der Waals surface area (Å²) in [6.45, 7) is 6.93. The molecule has 142 valence electrons. The van der Waals surface area contributed by atoms with Crippen molar-refractivity contribution in [3.05, 3.63) is 63.8 Å². The van der Waals surface area contributed by atoms with Crippen molar-refractivity contribution in [1.82, 2.24) is 20.3 Å². The van der Waals surface area contributed by atoms with Crippen molar-refractivity contribution in [1.29, 1.82) is 0 Å². The lowest BCUT2D eigenvalue weighted by atomic mass is 10.1. The van der Waals surface area contributed by atoms with E-state index in [1.807, 2.05) is 32.0 Å². The molecule has 3 aromatic rings. The first-order valence-corrected chi connectivity index (χ1v) is 8.93. The van der Waals surface area contributed by atoms with Crippen molar-refractivity contribution in [2.75, 3.05) is 6.54 Å². The SMILES string of the molecule is Cc1ccc(OCc2c(C(=O)NCCn3cc(Cl)cn3)noc2C)cc1C. The normalized spacial score (nSPS) is 10.8. The lowest BCUT2D eigenvalue weighted by Crippen LogP contribution is -2.28. The number of carbonyl (C=O) groups excluding carboxylic acids is 1. The average Bonchev–Trinajstić information content (AvgIpc) is 3.21. The largest absolute Gasteiger partial charge is 0.489 e. The Labute approximate surface area is 162 Å². The number of rotatable bonds is 7. The van der Waals surface area contributed by atoms with Crippen molar-refractivity contribution in [2.45, 2.75) is 33.9 Å². The molecule has 0 aliphatic rings. The van der Waals surface area contributed by atoms with E-state index in [0.717, 1.165) is 11.3 Å². The molecule has 27 heavy (non-hydrogen) atoms. The van der Waals surface area contributed by atoms with Crippen molar-refractivity contribution in [2.24, 2.45) is 0 Å². The summed E-state index contributed by atoms with van der Waals surface area (Å²) in [6.07, 6.45) is 3.24. The molecule has 2 heterocycles. The Hall–Kier alpha value is -2.80. The highest BCUT2D eigenvalue weighted by Gasteiger charge is 2.20. The number of halogens is 1. The molecule has 7 nitrogen and oxygen atoms in total. The van der Waals surface area contributed by atoms with Crippen molar-refractivity contribution >= 4 is 17.5 Å². The van der Waals surface area contributed by atoms with Gasteiger partial charge < -0.3 is 14.6 Å². The van der Waals surface area contributed by atoms with E-state index in [2.05, 4.69) is 15.6 Å². The number of benzene rings is 1. The molecule has 3 rings (SSSR count). The van der Waals surface area contributed by atoms with Crippen LogP contribution in [0.3, 0.4) is 0 Å². The zero-order valence-electron chi connectivity index (χ0n) is 15.5. The molecule has 8 heteroatoms. The number of nitrogens with zero attached hydrogens (tertiary/aromatic N) is 3. The van der Waals surface area contributed by atoms with Gasteiger partial charge in [-0.2, -0.15) is 5.10 Å².